The number of thiophene rings is 2. The van der Waals surface area contributed by atoms with Crippen LogP contribution in [0, 0.1) is 6.92 Å². The van der Waals surface area contributed by atoms with Crippen LogP contribution in [0.4, 0.5) is 0 Å². The van der Waals surface area contributed by atoms with Crippen molar-refractivity contribution >= 4 is 53.7 Å². The van der Waals surface area contributed by atoms with Gasteiger partial charge < -0.3 is 0 Å². The zero-order valence-electron chi connectivity index (χ0n) is 19.3. The number of aryl methyl sites for hydroxylation is 1. The second kappa shape index (κ2) is 7.51. The van der Waals surface area contributed by atoms with Crippen molar-refractivity contribution in [3.8, 4) is 22.4 Å². The van der Waals surface area contributed by atoms with Gasteiger partial charge in [0, 0.05) is 31.5 Å². The molecule has 0 unspecified atom stereocenters. The summed E-state index contributed by atoms with van der Waals surface area (Å²) in [6, 6.07) is 26.7. The summed E-state index contributed by atoms with van der Waals surface area (Å²) in [6.45, 7) is 9.05. The van der Waals surface area contributed by atoms with E-state index in [0.717, 1.165) is 10.5 Å². The molecule has 0 saturated carbocycles. The summed E-state index contributed by atoms with van der Waals surface area (Å²) in [5.74, 6) is 0. The largest absolute Gasteiger partial charge is 0.237 e. The summed E-state index contributed by atoms with van der Waals surface area (Å²) in [4.78, 5) is 7.58. The van der Waals surface area contributed by atoms with E-state index in [2.05, 4.69) is 106 Å². The lowest BCUT2D eigenvalue weighted by molar-refractivity contribution is 0.596. The molecular formula is C30H25NS2. The van der Waals surface area contributed by atoms with Crippen LogP contribution in [0.1, 0.15) is 31.2 Å². The number of rotatable bonds is 2. The lowest BCUT2D eigenvalue weighted by Crippen LogP contribution is -2.12. The average Bonchev–Trinajstić information content (AvgIpc) is 3.39. The molecule has 6 rings (SSSR count). The van der Waals surface area contributed by atoms with E-state index in [0.29, 0.717) is 0 Å². The highest BCUT2D eigenvalue weighted by molar-refractivity contribution is 7.19. The first-order valence-electron chi connectivity index (χ1n) is 11.3. The quantitative estimate of drug-likeness (QED) is 0.249. The van der Waals surface area contributed by atoms with Gasteiger partial charge in [0.15, 0.2) is 0 Å². The topological polar surface area (TPSA) is 12.9 Å². The van der Waals surface area contributed by atoms with Gasteiger partial charge in [0.2, 0.25) is 0 Å². The number of benzene rings is 3. The first-order chi connectivity index (χ1) is 15.9. The zero-order valence-corrected chi connectivity index (χ0v) is 20.9. The highest BCUT2D eigenvalue weighted by Gasteiger charge is 2.20. The smallest absolute Gasteiger partial charge is 0.124 e. The Hall–Kier alpha value is -3.01. The summed E-state index contributed by atoms with van der Waals surface area (Å²) in [6.07, 6.45) is 0. The Morgan fingerprint density at radius 3 is 2.33 bits per heavy atom. The van der Waals surface area contributed by atoms with E-state index in [4.69, 9.17) is 4.98 Å². The molecule has 0 N–H and O–H groups in total. The minimum Gasteiger partial charge on any atom is -0.237 e. The van der Waals surface area contributed by atoms with Crippen LogP contribution >= 0.6 is 22.7 Å². The van der Waals surface area contributed by atoms with Crippen molar-refractivity contribution in [2.45, 2.75) is 33.1 Å². The highest BCUT2D eigenvalue weighted by atomic mass is 32.1. The number of hydrogen-bond donors (Lipinski definition) is 0. The number of fused-ring (bicyclic) bond motifs is 3. The lowest BCUT2D eigenvalue weighted by Gasteiger charge is -2.23. The summed E-state index contributed by atoms with van der Waals surface area (Å²) < 4.78 is 1.33. The van der Waals surface area contributed by atoms with Crippen molar-refractivity contribution < 1.29 is 0 Å². The van der Waals surface area contributed by atoms with Crippen molar-refractivity contribution in [1.29, 1.82) is 0 Å². The Labute approximate surface area is 202 Å². The van der Waals surface area contributed by atoms with Gasteiger partial charge in [0.1, 0.15) is 4.83 Å². The Balaban J connectivity index is 1.66. The third kappa shape index (κ3) is 3.47. The fourth-order valence-electron chi connectivity index (χ4n) is 4.77. The van der Waals surface area contributed by atoms with Gasteiger partial charge in [-0.05, 0) is 69.9 Å². The molecule has 0 aliphatic heterocycles. The summed E-state index contributed by atoms with van der Waals surface area (Å²) in [5, 5.41) is 7.47. The fraction of sp³-hybridized carbons (Fsp3) is 0.167. The zero-order chi connectivity index (χ0) is 22.7. The van der Waals surface area contributed by atoms with Crippen LogP contribution in [0.3, 0.4) is 0 Å². The third-order valence-electron chi connectivity index (χ3n) is 6.37. The summed E-state index contributed by atoms with van der Waals surface area (Å²) in [5.41, 5.74) is 6.23. The molecule has 0 bridgehead atoms. The van der Waals surface area contributed by atoms with E-state index >= 15 is 0 Å². The van der Waals surface area contributed by atoms with Gasteiger partial charge >= 0.3 is 0 Å². The van der Waals surface area contributed by atoms with Crippen molar-refractivity contribution in [3.63, 3.8) is 0 Å². The van der Waals surface area contributed by atoms with Crippen LogP contribution in [0.2, 0.25) is 0 Å². The maximum Gasteiger partial charge on any atom is 0.124 e. The molecule has 0 atom stereocenters. The number of nitrogens with zero attached hydrogens (tertiary/aromatic N) is 1. The molecule has 3 aromatic heterocycles. The fourth-order valence-corrected chi connectivity index (χ4v) is 6.64. The van der Waals surface area contributed by atoms with Gasteiger partial charge in [-0.25, -0.2) is 4.98 Å². The molecular weight excluding hydrogens is 438 g/mol. The Morgan fingerprint density at radius 2 is 1.52 bits per heavy atom. The van der Waals surface area contributed by atoms with Gasteiger partial charge in [-0.3, -0.25) is 0 Å². The SMILES string of the molecule is Cc1cc2c(-c3csc4ccccc34)cc(-c3cc(C(C)(C)C)c4ccccc4c3)nc2s1. The summed E-state index contributed by atoms with van der Waals surface area (Å²) >= 11 is 3.60. The van der Waals surface area contributed by atoms with Gasteiger partial charge in [0.05, 0.1) is 5.69 Å². The Bertz CT molecular complexity index is 1660. The second-order valence-electron chi connectivity index (χ2n) is 9.77. The lowest BCUT2D eigenvalue weighted by atomic mass is 9.82. The van der Waals surface area contributed by atoms with Crippen LogP contribution in [-0.2, 0) is 5.41 Å². The molecule has 0 aliphatic rings. The standard InChI is InChI=1S/C30H25NS2/c1-18-13-24-23(25-17-32-28-12-8-7-11-22(25)28)16-27(31-29(24)33-18)20-14-19-9-5-6-10-21(19)26(15-20)30(2,3)4/h5-17H,1-4H3. The number of hydrogen-bond acceptors (Lipinski definition) is 3. The van der Waals surface area contributed by atoms with Crippen molar-refractivity contribution in [3.05, 3.63) is 88.6 Å². The first kappa shape index (κ1) is 20.6. The molecule has 162 valence electrons. The van der Waals surface area contributed by atoms with Crippen molar-refractivity contribution in [1.82, 2.24) is 4.98 Å². The van der Waals surface area contributed by atoms with E-state index in [1.165, 1.54) is 53.4 Å². The van der Waals surface area contributed by atoms with E-state index in [9.17, 15) is 0 Å². The minimum atomic E-state index is 0.0472. The molecule has 6 aromatic rings. The predicted octanol–water partition coefficient (Wildman–Crippen LogP) is 9.60. The first-order valence-corrected chi connectivity index (χ1v) is 13.0. The number of aromatic nitrogens is 1. The number of pyridine rings is 1. The maximum atomic E-state index is 5.17. The van der Waals surface area contributed by atoms with Gasteiger partial charge in [-0.2, -0.15) is 0 Å². The molecule has 0 spiro atoms. The van der Waals surface area contributed by atoms with Crippen molar-refractivity contribution in [2.24, 2.45) is 0 Å². The molecule has 0 aliphatic carbocycles. The Kier molecular flexibility index (Phi) is 4.69. The van der Waals surface area contributed by atoms with E-state index in [-0.39, 0.29) is 5.41 Å². The maximum absolute atomic E-state index is 5.17. The van der Waals surface area contributed by atoms with Crippen LogP contribution < -0.4 is 0 Å². The van der Waals surface area contributed by atoms with Gasteiger partial charge in [-0.15, -0.1) is 22.7 Å². The monoisotopic (exact) mass is 463 g/mol. The van der Waals surface area contributed by atoms with Crippen LogP contribution in [0.15, 0.2) is 78.2 Å². The average molecular weight is 464 g/mol. The molecule has 0 amide bonds. The molecule has 0 radical (unpaired) electrons. The molecule has 0 saturated heterocycles. The Morgan fingerprint density at radius 1 is 0.758 bits per heavy atom. The molecule has 3 heteroatoms. The third-order valence-corrected chi connectivity index (χ3v) is 8.27. The van der Waals surface area contributed by atoms with E-state index < -0.39 is 0 Å². The molecule has 0 fully saturated rings. The van der Waals surface area contributed by atoms with E-state index in [1.807, 2.05) is 11.3 Å². The summed E-state index contributed by atoms with van der Waals surface area (Å²) in [7, 11) is 0. The normalized spacial score (nSPS) is 12.2. The van der Waals surface area contributed by atoms with E-state index in [1.54, 1.807) is 11.3 Å². The molecule has 1 nitrogen and oxygen atoms in total. The van der Waals surface area contributed by atoms with Crippen LogP contribution in [0.25, 0.3) is 53.5 Å². The van der Waals surface area contributed by atoms with Crippen molar-refractivity contribution in [2.75, 3.05) is 0 Å². The molecule has 3 heterocycles. The predicted molar refractivity (Wildman–Crippen MR) is 147 cm³/mol. The molecule has 3 aromatic carbocycles. The molecule has 33 heavy (non-hydrogen) atoms. The van der Waals surface area contributed by atoms with Gasteiger partial charge in [-0.1, -0.05) is 63.2 Å². The van der Waals surface area contributed by atoms with Crippen LogP contribution in [-0.4, -0.2) is 4.98 Å². The highest BCUT2D eigenvalue weighted by Crippen LogP contribution is 2.42. The minimum absolute atomic E-state index is 0.0472. The second-order valence-corrected chi connectivity index (χ2v) is 11.9. The van der Waals surface area contributed by atoms with Gasteiger partial charge in [0.25, 0.3) is 0 Å². The van der Waals surface area contributed by atoms with Crippen LogP contribution in [0.5, 0.6) is 0 Å².